The minimum absolute atomic E-state index is 0.0834. The van der Waals surface area contributed by atoms with E-state index in [-0.39, 0.29) is 23.1 Å². The largest absolute Gasteiger partial charge is 0.490 e. The number of rotatable bonds is 6. The van der Waals surface area contributed by atoms with E-state index in [0.717, 1.165) is 0 Å². The van der Waals surface area contributed by atoms with Crippen molar-refractivity contribution in [3.8, 4) is 11.5 Å². The number of cyclic esters (lactones) is 1. The van der Waals surface area contributed by atoms with Crippen LogP contribution in [0.3, 0.4) is 0 Å². The van der Waals surface area contributed by atoms with Crippen molar-refractivity contribution in [3.05, 3.63) is 89.5 Å². The number of hydrogen-bond donors (Lipinski definition) is 0. The van der Waals surface area contributed by atoms with Crippen molar-refractivity contribution >= 4 is 23.9 Å². The minimum Gasteiger partial charge on any atom is -0.490 e. The van der Waals surface area contributed by atoms with Crippen LogP contribution in [0.25, 0.3) is 6.08 Å². The van der Waals surface area contributed by atoms with Gasteiger partial charge in [-0.1, -0.05) is 24.3 Å². The Morgan fingerprint density at radius 1 is 1.07 bits per heavy atom. The molecule has 0 aliphatic carbocycles. The second kappa shape index (κ2) is 8.48. The third kappa shape index (κ3) is 4.15. The van der Waals surface area contributed by atoms with Gasteiger partial charge in [0.1, 0.15) is 0 Å². The van der Waals surface area contributed by atoms with Gasteiger partial charge >= 0.3 is 11.9 Å². The predicted octanol–water partition coefficient (Wildman–Crippen LogP) is 4.24. The lowest BCUT2D eigenvalue weighted by Gasteiger charge is -2.10. The van der Waals surface area contributed by atoms with Crippen molar-refractivity contribution < 1.29 is 28.2 Å². The van der Waals surface area contributed by atoms with Gasteiger partial charge in [-0.05, 0) is 55.0 Å². The van der Waals surface area contributed by atoms with Crippen LogP contribution in [0.4, 0.5) is 0 Å². The van der Waals surface area contributed by atoms with E-state index in [1.165, 1.54) is 12.3 Å². The third-order valence-electron chi connectivity index (χ3n) is 4.14. The lowest BCUT2D eigenvalue weighted by atomic mass is 10.1. The van der Waals surface area contributed by atoms with Gasteiger partial charge in [0.2, 0.25) is 11.7 Å². The van der Waals surface area contributed by atoms with Crippen LogP contribution in [-0.2, 0) is 9.53 Å². The number of aliphatic imine (C=N–C) groups is 1. The summed E-state index contributed by atoms with van der Waals surface area (Å²) >= 11 is 0. The average Bonchev–Trinajstić information content (AvgIpc) is 3.41. The molecule has 0 amide bonds. The first kappa shape index (κ1) is 19.2. The molecule has 0 saturated carbocycles. The van der Waals surface area contributed by atoms with Crippen molar-refractivity contribution in [2.45, 2.75) is 6.92 Å². The van der Waals surface area contributed by atoms with Crippen LogP contribution in [0.5, 0.6) is 11.5 Å². The predicted molar refractivity (Wildman–Crippen MR) is 108 cm³/mol. The highest BCUT2D eigenvalue weighted by atomic mass is 16.6. The SMILES string of the molecule is CCOc1cc(/C=C2\N=C(c3ccccc3)OC2=O)ccc1OC(=O)c1ccco1. The van der Waals surface area contributed by atoms with Gasteiger partial charge in [0.15, 0.2) is 17.2 Å². The fraction of sp³-hybridized carbons (Fsp3) is 0.0870. The van der Waals surface area contributed by atoms with Gasteiger partial charge in [0.05, 0.1) is 12.9 Å². The zero-order chi connectivity index (χ0) is 20.9. The van der Waals surface area contributed by atoms with Crippen LogP contribution in [-0.4, -0.2) is 24.4 Å². The number of benzene rings is 2. The van der Waals surface area contributed by atoms with Crippen LogP contribution < -0.4 is 9.47 Å². The second-order valence-corrected chi connectivity index (χ2v) is 6.21. The molecule has 1 aliphatic heterocycles. The van der Waals surface area contributed by atoms with E-state index in [4.69, 9.17) is 18.6 Å². The van der Waals surface area contributed by atoms with Gasteiger partial charge in [-0.3, -0.25) is 0 Å². The number of nitrogens with zero attached hydrogens (tertiary/aromatic N) is 1. The summed E-state index contributed by atoms with van der Waals surface area (Å²) < 4.78 is 21.3. The van der Waals surface area contributed by atoms with Crippen LogP contribution >= 0.6 is 0 Å². The molecule has 7 nitrogen and oxygen atoms in total. The van der Waals surface area contributed by atoms with E-state index in [2.05, 4.69) is 4.99 Å². The third-order valence-corrected chi connectivity index (χ3v) is 4.14. The molecule has 30 heavy (non-hydrogen) atoms. The Morgan fingerprint density at radius 2 is 1.90 bits per heavy atom. The van der Waals surface area contributed by atoms with Crippen LogP contribution in [0, 0.1) is 0 Å². The molecule has 3 aromatic rings. The maximum Gasteiger partial charge on any atom is 0.379 e. The molecule has 0 atom stereocenters. The monoisotopic (exact) mass is 403 g/mol. The Kier molecular flexibility index (Phi) is 5.43. The lowest BCUT2D eigenvalue weighted by Crippen LogP contribution is -2.08. The lowest BCUT2D eigenvalue weighted by molar-refractivity contribution is -0.129. The molecule has 0 saturated heterocycles. The van der Waals surface area contributed by atoms with Crippen molar-refractivity contribution in [1.29, 1.82) is 0 Å². The molecule has 0 bridgehead atoms. The van der Waals surface area contributed by atoms with E-state index in [1.807, 2.05) is 37.3 Å². The summed E-state index contributed by atoms with van der Waals surface area (Å²) in [5, 5.41) is 0. The zero-order valence-electron chi connectivity index (χ0n) is 16.0. The fourth-order valence-corrected chi connectivity index (χ4v) is 2.78. The standard InChI is InChI=1S/C23H17NO6/c1-2-27-20-14-15(10-11-18(20)29-23(26)19-9-6-12-28-19)13-17-22(25)30-21(24-17)16-7-4-3-5-8-16/h3-14H,2H2,1H3/b17-13-. The minimum atomic E-state index is -0.636. The summed E-state index contributed by atoms with van der Waals surface area (Å²) in [5.41, 5.74) is 1.52. The smallest absolute Gasteiger partial charge is 0.379 e. The highest BCUT2D eigenvalue weighted by Crippen LogP contribution is 2.31. The molecule has 0 fully saturated rings. The number of carbonyl (C=O) groups is 2. The Hall–Kier alpha value is -4.13. The molecule has 7 heteroatoms. The number of esters is 2. The Labute approximate surface area is 172 Å². The Morgan fingerprint density at radius 3 is 2.63 bits per heavy atom. The summed E-state index contributed by atoms with van der Waals surface area (Å²) in [6.45, 7) is 2.18. The molecule has 150 valence electrons. The van der Waals surface area contributed by atoms with Crippen molar-refractivity contribution in [2.75, 3.05) is 6.61 Å². The van der Waals surface area contributed by atoms with Crippen molar-refractivity contribution in [1.82, 2.24) is 0 Å². The van der Waals surface area contributed by atoms with E-state index in [9.17, 15) is 9.59 Å². The van der Waals surface area contributed by atoms with Gasteiger partial charge in [-0.2, -0.15) is 0 Å². The summed E-state index contributed by atoms with van der Waals surface area (Å²) in [5.74, 6) is -0.252. The molecule has 0 N–H and O–H groups in total. The van der Waals surface area contributed by atoms with E-state index < -0.39 is 11.9 Å². The zero-order valence-corrected chi connectivity index (χ0v) is 16.0. The number of furan rings is 1. The molecule has 0 radical (unpaired) electrons. The van der Waals surface area contributed by atoms with E-state index in [0.29, 0.717) is 23.5 Å². The van der Waals surface area contributed by atoms with Crippen molar-refractivity contribution in [2.24, 2.45) is 4.99 Å². The second-order valence-electron chi connectivity index (χ2n) is 6.21. The molecule has 2 aromatic carbocycles. The normalized spacial score (nSPS) is 14.4. The molecule has 4 rings (SSSR count). The molecule has 2 heterocycles. The van der Waals surface area contributed by atoms with Gasteiger partial charge < -0.3 is 18.6 Å². The summed E-state index contributed by atoms with van der Waals surface area (Å²) in [6, 6.07) is 17.2. The summed E-state index contributed by atoms with van der Waals surface area (Å²) in [4.78, 5) is 28.6. The molecular weight excluding hydrogens is 386 g/mol. The first-order valence-electron chi connectivity index (χ1n) is 9.24. The number of ether oxygens (including phenoxy) is 3. The molecule has 0 unspecified atom stereocenters. The Balaban J connectivity index is 1.60. The highest BCUT2D eigenvalue weighted by Gasteiger charge is 2.24. The summed E-state index contributed by atoms with van der Waals surface area (Å²) in [6.07, 6.45) is 2.97. The fourth-order valence-electron chi connectivity index (χ4n) is 2.78. The van der Waals surface area contributed by atoms with Crippen LogP contribution in [0.15, 0.2) is 82.0 Å². The molecule has 1 aromatic heterocycles. The first-order valence-corrected chi connectivity index (χ1v) is 9.24. The quantitative estimate of drug-likeness (QED) is 0.348. The number of carbonyl (C=O) groups excluding carboxylic acids is 2. The first-order chi connectivity index (χ1) is 14.6. The summed E-state index contributed by atoms with van der Waals surface area (Å²) in [7, 11) is 0. The maximum absolute atomic E-state index is 12.2. The topological polar surface area (TPSA) is 87.3 Å². The van der Waals surface area contributed by atoms with Gasteiger partial charge in [0.25, 0.3) is 0 Å². The van der Waals surface area contributed by atoms with E-state index in [1.54, 1.807) is 30.3 Å². The average molecular weight is 403 g/mol. The van der Waals surface area contributed by atoms with Gasteiger partial charge in [0, 0.05) is 5.56 Å². The van der Waals surface area contributed by atoms with Gasteiger partial charge in [-0.15, -0.1) is 0 Å². The highest BCUT2D eigenvalue weighted by molar-refractivity contribution is 6.12. The molecule has 0 spiro atoms. The maximum atomic E-state index is 12.2. The van der Waals surface area contributed by atoms with Gasteiger partial charge in [-0.25, -0.2) is 14.6 Å². The van der Waals surface area contributed by atoms with E-state index >= 15 is 0 Å². The van der Waals surface area contributed by atoms with Crippen LogP contribution in [0.1, 0.15) is 28.6 Å². The molecular formula is C23H17NO6. The molecule has 1 aliphatic rings. The van der Waals surface area contributed by atoms with Crippen molar-refractivity contribution in [3.63, 3.8) is 0 Å². The Bertz CT molecular complexity index is 1130. The van der Waals surface area contributed by atoms with Crippen LogP contribution in [0.2, 0.25) is 0 Å². The number of hydrogen-bond acceptors (Lipinski definition) is 7.